The average molecular weight is 732 g/mol. The highest BCUT2D eigenvalue weighted by Gasteiger charge is 2.49. The van der Waals surface area contributed by atoms with E-state index in [1.807, 2.05) is 0 Å². The molecule has 0 atom stereocenters. The number of hydrogen-bond acceptors (Lipinski definition) is 3. The van der Waals surface area contributed by atoms with Gasteiger partial charge in [0, 0.05) is 78.0 Å². The molecule has 3 aliphatic rings. The van der Waals surface area contributed by atoms with E-state index in [9.17, 15) is 0 Å². The number of unbranched alkanes of at least 4 members (excludes halogenated alkanes) is 1. The quantitative estimate of drug-likeness (QED) is 0.132. The van der Waals surface area contributed by atoms with Gasteiger partial charge in [-0.2, -0.15) is 0 Å². The molecule has 6 aromatic rings. The van der Waals surface area contributed by atoms with Gasteiger partial charge in [0.25, 0.3) is 0 Å². The zero-order valence-corrected chi connectivity index (χ0v) is 33.6. The Morgan fingerprint density at radius 2 is 1.04 bits per heavy atom. The van der Waals surface area contributed by atoms with E-state index >= 15 is 0 Å². The van der Waals surface area contributed by atoms with Crippen LogP contribution in [0.15, 0.2) is 97.1 Å². The van der Waals surface area contributed by atoms with Crippen molar-refractivity contribution in [3.63, 3.8) is 0 Å². The van der Waals surface area contributed by atoms with Crippen molar-refractivity contribution in [1.82, 2.24) is 24.7 Å². The zero-order valence-electron chi connectivity index (χ0n) is 33.6. The van der Waals surface area contributed by atoms with Gasteiger partial charge in [-0.15, -0.1) is 0 Å². The van der Waals surface area contributed by atoms with E-state index in [1.165, 1.54) is 98.7 Å². The van der Waals surface area contributed by atoms with E-state index < -0.39 is 0 Å². The minimum atomic E-state index is -0.128. The number of para-hydroxylation sites is 2. The number of hydrogen-bond donors (Lipinski definition) is 2. The molecule has 0 unspecified atom stereocenters. The number of fused-ring (bicyclic) bond motifs is 4. The third-order valence-electron chi connectivity index (χ3n) is 14.3. The summed E-state index contributed by atoms with van der Waals surface area (Å²) in [4.78, 5) is 16.4. The Morgan fingerprint density at radius 1 is 0.582 bits per heavy atom. The lowest BCUT2D eigenvalue weighted by atomic mass is 9.61. The summed E-state index contributed by atoms with van der Waals surface area (Å²) in [5.74, 6) is 0. The van der Waals surface area contributed by atoms with Gasteiger partial charge in [-0.1, -0.05) is 105 Å². The first kappa shape index (κ1) is 36.5. The predicted molar refractivity (Wildman–Crippen MR) is 230 cm³/mol. The number of benzene rings is 4. The summed E-state index contributed by atoms with van der Waals surface area (Å²) in [7, 11) is 4.69. The number of H-pyrrole nitrogens is 2. The Hall–Kier alpha value is -4.16. The molecule has 1 fully saturated rings. The van der Waals surface area contributed by atoms with Gasteiger partial charge >= 0.3 is 0 Å². The van der Waals surface area contributed by atoms with Crippen molar-refractivity contribution in [2.24, 2.45) is 0 Å². The van der Waals surface area contributed by atoms with Gasteiger partial charge in [0.2, 0.25) is 0 Å². The highest BCUT2D eigenvalue weighted by atomic mass is 15.1. The van der Waals surface area contributed by atoms with E-state index in [2.05, 4.69) is 143 Å². The largest absolute Gasteiger partial charge is 0.357 e. The molecule has 2 N–H and O–H groups in total. The highest BCUT2D eigenvalue weighted by Crippen LogP contribution is 2.53. The van der Waals surface area contributed by atoms with Crippen LogP contribution >= 0.6 is 0 Å². The van der Waals surface area contributed by atoms with Crippen LogP contribution in [0, 0.1) is 0 Å². The first-order chi connectivity index (χ1) is 27.0. The fourth-order valence-corrected chi connectivity index (χ4v) is 11.0. The van der Waals surface area contributed by atoms with Crippen LogP contribution in [0.4, 0.5) is 0 Å². The van der Waals surface area contributed by atoms with Gasteiger partial charge in [-0.05, 0) is 117 Å². The van der Waals surface area contributed by atoms with Crippen LogP contribution in [0.3, 0.4) is 0 Å². The van der Waals surface area contributed by atoms with Crippen molar-refractivity contribution in [1.29, 1.82) is 0 Å². The Balaban J connectivity index is 1.13. The van der Waals surface area contributed by atoms with Gasteiger partial charge < -0.3 is 14.9 Å². The predicted octanol–water partition coefficient (Wildman–Crippen LogP) is 10.2. The molecule has 9 rings (SSSR count). The fraction of sp³-hybridized carbons (Fsp3) is 0.440. The molecule has 0 spiro atoms. The fourth-order valence-electron chi connectivity index (χ4n) is 11.0. The molecule has 2 aromatic heterocycles. The molecule has 55 heavy (non-hydrogen) atoms. The summed E-state index contributed by atoms with van der Waals surface area (Å²) in [6.45, 7) is 8.88. The molecule has 0 amide bonds. The molecule has 1 saturated carbocycles. The summed E-state index contributed by atoms with van der Waals surface area (Å²) in [5, 5.41) is 2.82. The lowest BCUT2D eigenvalue weighted by Gasteiger charge is -2.50. The summed E-state index contributed by atoms with van der Waals surface area (Å²) in [6.07, 6.45) is 12.9. The molecule has 0 bridgehead atoms. The van der Waals surface area contributed by atoms with Gasteiger partial charge in [0.05, 0.1) is 5.41 Å². The zero-order chi connectivity index (χ0) is 37.4. The summed E-state index contributed by atoms with van der Waals surface area (Å²) in [6, 6.07) is 36.5. The van der Waals surface area contributed by atoms with Gasteiger partial charge in [0.1, 0.15) is 0 Å². The van der Waals surface area contributed by atoms with Crippen LogP contribution in [0.2, 0.25) is 0 Å². The maximum Gasteiger partial charge on any atom is 0.0511 e. The first-order valence-corrected chi connectivity index (χ1v) is 21.4. The summed E-state index contributed by atoms with van der Waals surface area (Å²) < 4.78 is 0. The van der Waals surface area contributed by atoms with Crippen molar-refractivity contribution in [3.8, 4) is 0 Å². The van der Waals surface area contributed by atoms with Crippen molar-refractivity contribution in [2.75, 3.05) is 40.3 Å². The minimum Gasteiger partial charge on any atom is -0.357 e. The molecule has 0 saturated heterocycles. The first-order valence-electron chi connectivity index (χ1n) is 21.4. The maximum atomic E-state index is 4.20. The number of aromatic amines is 2. The average Bonchev–Trinajstić information content (AvgIpc) is 3.80. The second kappa shape index (κ2) is 15.4. The summed E-state index contributed by atoms with van der Waals surface area (Å²) >= 11 is 0. The molecule has 5 nitrogen and oxygen atoms in total. The van der Waals surface area contributed by atoms with Crippen LogP contribution in [-0.2, 0) is 44.2 Å². The molecule has 0 radical (unpaired) electrons. The van der Waals surface area contributed by atoms with Crippen LogP contribution < -0.4 is 0 Å². The van der Waals surface area contributed by atoms with Gasteiger partial charge in [0.15, 0.2) is 0 Å². The topological polar surface area (TPSA) is 41.3 Å². The number of rotatable bonds is 12. The van der Waals surface area contributed by atoms with Gasteiger partial charge in [-0.25, -0.2) is 0 Å². The second-order valence-corrected chi connectivity index (χ2v) is 17.4. The molecule has 4 aromatic carbocycles. The molecule has 286 valence electrons. The number of aromatic nitrogens is 2. The van der Waals surface area contributed by atoms with Gasteiger partial charge in [-0.3, -0.25) is 9.80 Å². The SMILES string of the molecule is CCCCC1(N(C)C)CCC(c2[nH]c3ccccc3c2CCN2CCc3ccccc3C2)(c2[nH]c3ccccc3c2CCN2CCc3ccccc3C2)CC1. The van der Waals surface area contributed by atoms with Crippen molar-refractivity contribution >= 4 is 21.8 Å². The van der Waals surface area contributed by atoms with Crippen molar-refractivity contribution in [2.45, 2.75) is 102 Å². The standard InChI is InChI=1S/C50H61N5/c1-4-5-26-49(53(2)3)27-29-50(30-28-49,47-43(41-18-10-12-20-45(41)51-47)24-33-54-31-22-37-14-6-8-16-39(37)35-54)48-44(42-19-11-13-21-46(42)52-48)25-34-55-32-23-38-15-7-9-17-40(38)36-55/h6-21,51-52H,4-5,22-36H2,1-3H3. The van der Waals surface area contributed by atoms with E-state index in [1.54, 1.807) is 0 Å². The van der Waals surface area contributed by atoms with Crippen molar-refractivity contribution < 1.29 is 0 Å². The van der Waals surface area contributed by atoms with E-state index in [-0.39, 0.29) is 11.0 Å². The lowest BCUT2D eigenvalue weighted by Crippen LogP contribution is -2.51. The molecule has 5 heteroatoms. The molecular weight excluding hydrogens is 671 g/mol. The van der Waals surface area contributed by atoms with Crippen LogP contribution in [0.1, 0.15) is 96.6 Å². The van der Waals surface area contributed by atoms with E-state index in [0.29, 0.717) is 0 Å². The number of nitrogens with one attached hydrogen (secondary N) is 2. The van der Waals surface area contributed by atoms with Crippen molar-refractivity contribution in [3.05, 3.63) is 142 Å². The Labute approximate surface area is 329 Å². The summed E-state index contributed by atoms with van der Waals surface area (Å²) in [5.41, 5.74) is 14.8. The third kappa shape index (κ3) is 6.87. The molecule has 1 aliphatic carbocycles. The highest BCUT2D eigenvalue weighted by molar-refractivity contribution is 5.88. The number of nitrogens with zero attached hydrogens (tertiary/aromatic N) is 3. The third-order valence-corrected chi connectivity index (χ3v) is 14.3. The van der Waals surface area contributed by atoms with Crippen LogP contribution in [0.5, 0.6) is 0 Å². The normalized spacial score (nSPS) is 18.5. The Kier molecular flexibility index (Phi) is 10.2. The van der Waals surface area contributed by atoms with E-state index in [0.717, 1.165) is 77.8 Å². The lowest BCUT2D eigenvalue weighted by molar-refractivity contribution is 0.0642. The van der Waals surface area contributed by atoms with E-state index in [4.69, 9.17) is 0 Å². The molecular formula is C50H61N5. The Bertz CT molecular complexity index is 2110. The second-order valence-electron chi connectivity index (χ2n) is 17.4. The smallest absolute Gasteiger partial charge is 0.0511 e. The van der Waals surface area contributed by atoms with Crippen LogP contribution in [-0.4, -0.2) is 70.5 Å². The monoisotopic (exact) mass is 731 g/mol. The molecule has 4 heterocycles. The van der Waals surface area contributed by atoms with Crippen LogP contribution in [0.25, 0.3) is 21.8 Å². The minimum absolute atomic E-state index is 0.128. The molecule has 2 aliphatic heterocycles. The Morgan fingerprint density at radius 3 is 1.51 bits per heavy atom. The maximum absolute atomic E-state index is 4.20.